The molecule has 0 unspecified atom stereocenters. The maximum atomic E-state index is 11.7. The molecule has 2 aromatic heterocycles. The van der Waals surface area contributed by atoms with Crippen LogP contribution in [0.1, 0.15) is 13.8 Å². The Morgan fingerprint density at radius 1 is 1.59 bits per heavy atom. The van der Waals surface area contributed by atoms with Crippen molar-refractivity contribution in [3.05, 3.63) is 20.4 Å². The average molecular weight is 347 g/mol. The van der Waals surface area contributed by atoms with Crippen molar-refractivity contribution in [3.8, 4) is 0 Å². The van der Waals surface area contributed by atoms with Crippen LogP contribution in [0.25, 0.3) is 5.78 Å². The van der Waals surface area contributed by atoms with Crippen LogP contribution in [0.2, 0.25) is 0 Å². The van der Waals surface area contributed by atoms with Crippen molar-refractivity contribution in [1.29, 1.82) is 0 Å². The number of nitrogens with zero attached hydrogens (tertiary/aromatic N) is 3. The number of nitrogens with one attached hydrogen (secondary N) is 2. The van der Waals surface area contributed by atoms with Crippen molar-refractivity contribution in [1.82, 2.24) is 19.4 Å². The number of carbonyl (C=O) groups excluding carboxylic acids is 1. The first kappa shape index (κ1) is 12.0. The fourth-order valence-corrected chi connectivity index (χ4v) is 1.77. The molecule has 0 radical (unpaired) electrons. The molecule has 2 heterocycles. The Bertz CT molecular complexity index is 630. The van der Waals surface area contributed by atoms with Crippen LogP contribution in [0, 0.1) is 9.62 Å². The van der Waals surface area contributed by atoms with Gasteiger partial charge in [0.1, 0.15) is 3.70 Å². The van der Waals surface area contributed by atoms with Gasteiger partial charge in [-0.2, -0.15) is 4.98 Å². The fraction of sp³-hybridized carbons (Fsp3) is 0.333. The van der Waals surface area contributed by atoms with Gasteiger partial charge < -0.3 is 0 Å². The number of carbonyl (C=O) groups is 1. The van der Waals surface area contributed by atoms with Gasteiger partial charge in [-0.15, -0.1) is 0 Å². The molecule has 17 heavy (non-hydrogen) atoms. The molecule has 0 saturated carbocycles. The van der Waals surface area contributed by atoms with Gasteiger partial charge in [0.15, 0.2) is 0 Å². The minimum Gasteiger partial charge on any atom is -0.296 e. The third-order valence-corrected chi connectivity index (χ3v) is 2.87. The Kier molecular flexibility index (Phi) is 3.13. The first-order chi connectivity index (χ1) is 7.99. The number of anilines is 1. The molecule has 90 valence electrons. The van der Waals surface area contributed by atoms with E-state index < -0.39 is 0 Å². The van der Waals surface area contributed by atoms with E-state index in [-0.39, 0.29) is 29.2 Å². The maximum absolute atomic E-state index is 11.7. The summed E-state index contributed by atoms with van der Waals surface area (Å²) in [6.07, 6.45) is 1.53. The number of aromatic amines is 1. The Morgan fingerprint density at radius 2 is 2.29 bits per heavy atom. The number of fused-ring (bicyclic) bond motifs is 1. The molecule has 8 heteroatoms. The average Bonchev–Trinajstić information content (AvgIpc) is 2.60. The van der Waals surface area contributed by atoms with Gasteiger partial charge in [0, 0.05) is 5.92 Å². The highest BCUT2D eigenvalue weighted by atomic mass is 127. The number of amides is 1. The van der Waals surface area contributed by atoms with E-state index in [0.717, 1.165) is 0 Å². The predicted molar refractivity (Wildman–Crippen MR) is 69.8 cm³/mol. The molecule has 0 bridgehead atoms. The van der Waals surface area contributed by atoms with Gasteiger partial charge in [-0.25, -0.2) is 14.2 Å². The molecule has 0 aromatic carbocycles. The fourth-order valence-electron chi connectivity index (χ4n) is 1.19. The van der Waals surface area contributed by atoms with Crippen molar-refractivity contribution in [2.75, 3.05) is 5.32 Å². The van der Waals surface area contributed by atoms with E-state index in [0.29, 0.717) is 3.70 Å². The normalized spacial score (nSPS) is 11.1. The van der Waals surface area contributed by atoms with E-state index in [1.54, 1.807) is 13.8 Å². The molecule has 1 amide bonds. The van der Waals surface area contributed by atoms with Crippen LogP contribution in [-0.2, 0) is 4.79 Å². The Balaban J connectivity index is 2.44. The van der Waals surface area contributed by atoms with Crippen LogP contribution in [0.5, 0.6) is 0 Å². The quantitative estimate of drug-likeness (QED) is 0.779. The SMILES string of the molecule is CC(C)C(=O)Nc1nc2ncc(I)n2c(=O)[nH]1. The van der Waals surface area contributed by atoms with Crippen LogP contribution >= 0.6 is 22.6 Å². The van der Waals surface area contributed by atoms with Gasteiger partial charge >= 0.3 is 5.69 Å². The topological polar surface area (TPSA) is 92.2 Å². The second-order valence-electron chi connectivity index (χ2n) is 3.75. The number of hydrogen-bond donors (Lipinski definition) is 2. The van der Waals surface area contributed by atoms with Crippen LogP contribution in [0.15, 0.2) is 11.0 Å². The number of rotatable bonds is 2. The molecule has 0 aliphatic carbocycles. The summed E-state index contributed by atoms with van der Waals surface area (Å²) in [5, 5.41) is 2.52. The minimum absolute atomic E-state index is 0.114. The van der Waals surface area contributed by atoms with Gasteiger partial charge in [0.2, 0.25) is 17.6 Å². The molecular weight excluding hydrogens is 337 g/mol. The van der Waals surface area contributed by atoms with Crippen molar-refractivity contribution in [2.24, 2.45) is 5.92 Å². The highest BCUT2D eigenvalue weighted by Crippen LogP contribution is 2.06. The number of H-pyrrole nitrogens is 1. The Hall–Kier alpha value is -1.45. The van der Waals surface area contributed by atoms with Crippen LogP contribution in [0.4, 0.5) is 5.95 Å². The summed E-state index contributed by atoms with van der Waals surface area (Å²) in [5.41, 5.74) is -0.379. The van der Waals surface area contributed by atoms with Crippen molar-refractivity contribution < 1.29 is 4.79 Å². The lowest BCUT2D eigenvalue weighted by Gasteiger charge is -2.06. The first-order valence-corrected chi connectivity index (χ1v) is 6.01. The summed E-state index contributed by atoms with van der Waals surface area (Å²) in [6.45, 7) is 3.51. The van der Waals surface area contributed by atoms with E-state index in [9.17, 15) is 9.59 Å². The van der Waals surface area contributed by atoms with E-state index in [2.05, 4.69) is 20.3 Å². The number of aromatic nitrogens is 4. The van der Waals surface area contributed by atoms with Crippen molar-refractivity contribution in [2.45, 2.75) is 13.8 Å². The van der Waals surface area contributed by atoms with Crippen LogP contribution in [0.3, 0.4) is 0 Å². The molecule has 0 saturated heterocycles. The zero-order valence-electron chi connectivity index (χ0n) is 9.19. The third kappa shape index (κ3) is 2.30. The Morgan fingerprint density at radius 3 is 2.94 bits per heavy atom. The summed E-state index contributed by atoms with van der Waals surface area (Å²) in [4.78, 5) is 33.7. The maximum Gasteiger partial charge on any atom is 0.336 e. The number of hydrogen-bond acceptors (Lipinski definition) is 4. The highest BCUT2D eigenvalue weighted by Gasteiger charge is 2.11. The standard InChI is InChI=1S/C9H10IN5O2/c1-4(2)6(16)12-7-13-8-11-3-5(10)15(8)9(17)14-7/h3-4H,1-2H3,(H2,11,12,13,14,16,17). The number of imidazole rings is 1. The molecule has 0 spiro atoms. The lowest BCUT2D eigenvalue weighted by atomic mass is 10.2. The lowest BCUT2D eigenvalue weighted by molar-refractivity contribution is -0.118. The second kappa shape index (κ2) is 4.43. The summed E-state index contributed by atoms with van der Waals surface area (Å²) in [5.74, 6) is -0.0180. The van der Waals surface area contributed by atoms with Gasteiger partial charge in [-0.3, -0.25) is 15.1 Å². The minimum atomic E-state index is -0.379. The van der Waals surface area contributed by atoms with Crippen LogP contribution in [-0.4, -0.2) is 25.3 Å². The van der Waals surface area contributed by atoms with E-state index >= 15 is 0 Å². The number of halogens is 1. The lowest BCUT2D eigenvalue weighted by Crippen LogP contribution is -2.25. The van der Waals surface area contributed by atoms with E-state index in [1.807, 2.05) is 22.6 Å². The molecule has 7 nitrogen and oxygen atoms in total. The largest absolute Gasteiger partial charge is 0.336 e. The molecule has 0 atom stereocenters. The molecule has 0 aliphatic rings. The van der Waals surface area contributed by atoms with Gasteiger partial charge in [-0.1, -0.05) is 13.8 Å². The second-order valence-corrected chi connectivity index (χ2v) is 4.86. The third-order valence-electron chi connectivity index (χ3n) is 2.11. The van der Waals surface area contributed by atoms with Crippen molar-refractivity contribution in [3.63, 3.8) is 0 Å². The first-order valence-electron chi connectivity index (χ1n) is 4.93. The summed E-state index contributed by atoms with van der Waals surface area (Å²) in [7, 11) is 0. The molecule has 2 N–H and O–H groups in total. The smallest absolute Gasteiger partial charge is 0.296 e. The van der Waals surface area contributed by atoms with Gasteiger partial charge in [-0.05, 0) is 22.6 Å². The zero-order valence-corrected chi connectivity index (χ0v) is 11.3. The highest BCUT2D eigenvalue weighted by molar-refractivity contribution is 14.1. The molecule has 0 aliphatic heterocycles. The van der Waals surface area contributed by atoms with Gasteiger partial charge in [0.25, 0.3) is 0 Å². The summed E-state index contributed by atoms with van der Waals surface area (Å²) < 4.78 is 1.99. The molecule has 0 fully saturated rings. The monoisotopic (exact) mass is 347 g/mol. The van der Waals surface area contributed by atoms with E-state index in [4.69, 9.17) is 0 Å². The van der Waals surface area contributed by atoms with Gasteiger partial charge in [0.05, 0.1) is 6.20 Å². The summed E-state index contributed by atoms with van der Waals surface area (Å²) in [6, 6.07) is 0. The molecule has 2 rings (SSSR count). The van der Waals surface area contributed by atoms with Crippen LogP contribution < -0.4 is 11.0 Å². The molecule has 2 aromatic rings. The Labute approximate surface area is 110 Å². The zero-order chi connectivity index (χ0) is 12.6. The van der Waals surface area contributed by atoms with Crippen molar-refractivity contribution >= 4 is 40.2 Å². The van der Waals surface area contributed by atoms with E-state index in [1.165, 1.54) is 10.6 Å². The summed E-state index contributed by atoms with van der Waals surface area (Å²) >= 11 is 1.98. The molecular formula is C9H10IN5O2. The predicted octanol–water partition coefficient (Wildman–Crippen LogP) is 0.617.